The Bertz CT molecular complexity index is 492. The van der Waals surface area contributed by atoms with E-state index in [1.807, 2.05) is 38.1 Å². The number of nitrogens with two attached hydrogens (primary N) is 1. The quantitative estimate of drug-likeness (QED) is 0.833. The first-order valence-corrected chi connectivity index (χ1v) is 5.31. The van der Waals surface area contributed by atoms with Gasteiger partial charge in [-0.2, -0.15) is 0 Å². The summed E-state index contributed by atoms with van der Waals surface area (Å²) in [6.45, 7) is 4.00. The van der Waals surface area contributed by atoms with Gasteiger partial charge < -0.3 is 5.73 Å². The fourth-order valence-corrected chi connectivity index (χ4v) is 1.55. The molecule has 1 atom stereocenters. The monoisotopic (exact) mass is 213 g/mol. The molecule has 1 unspecified atom stereocenters. The maximum atomic E-state index is 5.84. The summed E-state index contributed by atoms with van der Waals surface area (Å²) in [5.41, 5.74) is 9.86. The Balaban J connectivity index is 2.44. The van der Waals surface area contributed by atoms with Crippen molar-refractivity contribution < 1.29 is 0 Å². The lowest BCUT2D eigenvalue weighted by molar-refractivity contribution is 0.816. The van der Waals surface area contributed by atoms with Gasteiger partial charge in [-0.1, -0.05) is 0 Å². The molecular weight excluding hydrogens is 198 g/mol. The Kier molecular flexibility index (Phi) is 2.97. The summed E-state index contributed by atoms with van der Waals surface area (Å²) < 4.78 is 0. The Labute approximate surface area is 95.4 Å². The van der Waals surface area contributed by atoms with Crippen LogP contribution in [0.3, 0.4) is 0 Å². The molecule has 0 aliphatic heterocycles. The van der Waals surface area contributed by atoms with Gasteiger partial charge in [0, 0.05) is 18.4 Å². The van der Waals surface area contributed by atoms with Crippen LogP contribution in [0.2, 0.25) is 0 Å². The fraction of sp³-hybridized carbons (Fsp3) is 0.231. The van der Waals surface area contributed by atoms with Crippen LogP contribution in [0.15, 0.2) is 36.7 Å². The van der Waals surface area contributed by atoms with E-state index in [4.69, 9.17) is 5.73 Å². The van der Waals surface area contributed by atoms with Crippen LogP contribution in [0.25, 0.3) is 11.4 Å². The molecule has 0 saturated carbocycles. The molecule has 2 aromatic rings. The van der Waals surface area contributed by atoms with Gasteiger partial charge in [-0.25, -0.2) is 0 Å². The van der Waals surface area contributed by atoms with Crippen LogP contribution < -0.4 is 5.73 Å². The van der Waals surface area contributed by atoms with Gasteiger partial charge in [-0.15, -0.1) is 0 Å². The molecule has 2 rings (SSSR count). The lowest BCUT2D eigenvalue weighted by atomic mass is 10.1. The number of aryl methyl sites for hydroxylation is 1. The zero-order chi connectivity index (χ0) is 11.5. The molecule has 0 bridgehead atoms. The van der Waals surface area contributed by atoms with E-state index in [1.165, 1.54) is 5.56 Å². The third kappa shape index (κ3) is 2.25. The summed E-state index contributed by atoms with van der Waals surface area (Å²) in [5.74, 6) is 0. The molecule has 2 heterocycles. The van der Waals surface area contributed by atoms with E-state index in [0.717, 1.165) is 17.0 Å². The van der Waals surface area contributed by atoms with Gasteiger partial charge in [-0.3, -0.25) is 9.97 Å². The number of aromatic nitrogens is 2. The van der Waals surface area contributed by atoms with Gasteiger partial charge in [0.05, 0.1) is 11.4 Å². The van der Waals surface area contributed by atoms with Crippen molar-refractivity contribution in [3.8, 4) is 11.4 Å². The van der Waals surface area contributed by atoms with Crippen LogP contribution in [0.4, 0.5) is 0 Å². The average Bonchev–Trinajstić information content (AvgIpc) is 2.29. The molecule has 0 amide bonds. The van der Waals surface area contributed by atoms with Crippen molar-refractivity contribution in [2.45, 2.75) is 19.9 Å². The van der Waals surface area contributed by atoms with E-state index in [2.05, 4.69) is 9.97 Å². The van der Waals surface area contributed by atoms with Gasteiger partial charge in [-0.05, 0) is 49.2 Å². The highest BCUT2D eigenvalue weighted by Crippen LogP contribution is 2.18. The van der Waals surface area contributed by atoms with E-state index in [9.17, 15) is 0 Å². The Morgan fingerprint density at radius 2 is 1.69 bits per heavy atom. The first-order valence-electron chi connectivity index (χ1n) is 5.31. The molecule has 3 nitrogen and oxygen atoms in total. The Morgan fingerprint density at radius 1 is 1.06 bits per heavy atom. The molecular formula is C13H15N3. The average molecular weight is 213 g/mol. The second-order valence-corrected chi connectivity index (χ2v) is 3.98. The van der Waals surface area contributed by atoms with Gasteiger partial charge in [0.2, 0.25) is 0 Å². The van der Waals surface area contributed by atoms with E-state index in [1.54, 1.807) is 12.4 Å². The summed E-state index contributed by atoms with van der Waals surface area (Å²) in [6, 6.07) is 7.94. The smallest absolute Gasteiger partial charge is 0.0889 e. The first-order chi connectivity index (χ1) is 7.66. The molecule has 16 heavy (non-hydrogen) atoms. The highest BCUT2D eigenvalue weighted by atomic mass is 14.8. The second kappa shape index (κ2) is 4.41. The van der Waals surface area contributed by atoms with Crippen molar-refractivity contribution in [2.75, 3.05) is 0 Å². The molecule has 2 aromatic heterocycles. The first kappa shape index (κ1) is 10.8. The van der Waals surface area contributed by atoms with Crippen LogP contribution in [0.5, 0.6) is 0 Å². The lowest BCUT2D eigenvalue weighted by Crippen LogP contribution is -2.05. The van der Waals surface area contributed by atoms with Crippen LogP contribution >= 0.6 is 0 Å². The highest BCUT2D eigenvalue weighted by molar-refractivity contribution is 5.55. The number of nitrogens with zero attached hydrogens (tertiary/aromatic N) is 2. The van der Waals surface area contributed by atoms with E-state index in [0.29, 0.717) is 0 Å². The molecule has 0 aromatic carbocycles. The molecule has 0 fully saturated rings. The molecule has 2 N–H and O–H groups in total. The molecule has 0 spiro atoms. The third-order valence-corrected chi connectivity index (χ3v) is 2.49. The molecule has 0 saturated heterocycles. The van der Waals surface area contributed by atoms with E-state index in [-0.39, 0.29) is 6.04 Å². The van der Waals surface area contributed by atoms with E-state index >= 15 is 0 Å². The zero-order valence-electron chi connectivity index (χ0n) is 9.51. The number of hydrogen-bond acceptors (Lipinski definition) is 3. The Morgan fingerprint density at radius 3 is 2.31 bits per heavy atom. The van der Waals surface area contributed by atoms with Crippen LogP contribution in [0, 0.1) is 6.92 Å². The molecule has 3 heteroatoms. The maximum absolute atomic E-state index is 5.84. The maximum Gasteiger partial charge on any atom is 0.0889 e. The highest BCUT2D eigenvalue weighted by Gasteiger charge is 2.04. The van der Waals surface area contributed by atoms with Crippen molar-refractivity contribution in [2.24, 2.45) is 5.73 Å². The second-order valence-electron chi connectivity index (χ2n) is 3.98. The minimum Gasteiger partial charge on any atom is -0.324 e. The Hall–Kier alpha value is -1.74. The van der Waals surface area contributed by atoms with Gasteiger partial charge >= 0.3 is 0 Å². The lowest BCUT2D eigenvalue weighted by Gasteiger charge is -2.07. The van der Waals surface area contributed by atoms with Gasteiger partial charge in [0.25, 0.3) is 0 Å². The standard InChI is InChI=1S/C13H15N3/c1-9-3-5-15-12(7-9)13-8-11(10(2)14)4-6-16-13/h3-8,10H,14H2,1-2H3. The largest absolute Gasteiger partial charge is 0.324 e. The minimum absolute atomic E-state index is 0.0200. The van der Waals surface area contributed by atoms with Gasteiger partial charge in [0.1, 0.15) is 0 Å². The topological polar surface area (TPSA) is 51.8 Å². The van der Waals surface area contributed by atoms with Crippen LogP contribution in [0.1, 0.15) is 24.1 Å². The number of hydrogen-bond donors (Lipinski definition) is 1. The predicted octanol–water partition coefficient (Wildman–Crippen LogP) is 2.47. The summed E-state index contributed by atoms with van der Waals surface area (Å²) >= 11 is 0. The molecule has 0 aliphatic rings. The number of pyridine rings is 2. The fourth-order valence-electron chi connectivity index (χ4n) is 1.55. The van der Waals surface area contributed by atoms with Crippen molar-refractivity contribution in [3.63, 3.8) is 0 Å². The van der Waals surface area contributed by atoms with E-state index < -0.39 is 0 Å². The van der Waals surface area contributed by atoms with Crippen molar-refractivity contribution in [1.29, 1.82) is 0 Å². The molecule has 82 valence electrons. The minimum atomic E-state index is 0.0200. The predicted molar refractivity (Wildman–Crippen MR) is 64.8 cm³/mol. The summed E-state index contributed by atoms with van der Waals surface area (Å²) in [6.07, 6.45) is 3.57. The van der Waals surface area contributed by atoms with Crippen molar-refractivity contribution in [1.82, 2.24) is 9.97 Å². The summed E-state index contributed by atoms with van der Waals surface area (Å²) in [4.78, 5) is 8.62. The zero-order valence-corrected chi connectivity index (χ0v) is 9.51. The molecule has 0 radical (unpaired) electrons. The van der Waals surface area contributed by atoms with Crippen molar-refractivity contribution in [3.05, 3.63) is 47.8 Å². The van der Waals surface area contributed by atoms with Gasteiger partial charge in [0.15, 0.2) is 0 Å². The summed E-state index contributed by atoms with van der Waals surface area (Å²) in [7, 11) is 0. The number of rotatable bonds is 2. The van der Waals surface area contributed by atoms with Crippen LogP contribution in [-0.4, -0.2) is 9.97 Å². The third-order valence-electron chi connectivity index (χ3n) is 2.49. The van der Waals surface area contributed by atoms with Crippen molar-refractivity contribution >= 4 is 0 Å². The summed E-state index contributed by atoms with van der Waals surface area (Å²) in [5, 5.41) is 0. The normalized spacial score (nSPS) is 12.4. The van der Waals surface area contributed by atoms with Crippen LogP contribution in [-0.2, 0) is 0 Å². The molecule has 0 aliphatic carbocycles. The SMILES string of the molecule is Cc1ccnc(-c2cc(C(C)N)ccn2)c1.